The van der Waals surface area contributed by atoms with Crippen LogP contribution in [-0.2, 0) is 4.74 Å². The summed E-state index contributed by atoms with van der Waals surface area (Å²) >= 11 is 0. The van der Waals surface area contributed by atoms with Crippen LogP contribution in [0.1, 0.15) is 6.92 Å². The molecule has 0 spiro atoms. The van der Waals surface area contributed by atoms with Gasteiger partial charge in [-0.25, -0.2) is 0 Å². The third-order valence-corrected chi connectivity index (χ3v) is 1.83. The van der Waals surface area contributed by atoms with Crippen molar-refractivity contribution in [1.82, 2.24) is 0 Å². The quantitative estimate of drug-likeness (QED) is 0.420. The summed E-state index contributed by atoms with van der Waals surface area (Å²) in [5.41, 5.74) is 5.25. The second-order valence-electron chi connectivity index (χ2n) is 2.60. The highest BCUT2D eigenvalue weighted by molar-refractivity contribution is 4.88. The second-order valence-corrected chi connectivity index (χ2v) is 2.60. The van der Waals surface area contributed by atoms with Crippen LogP contribution in [0.2, 0.25) is 0 Å². The maximum Gasteiger partial charge on any atom is 0.110 e. The average Bonchev–Trinajstić information content (AvgIpc) is 2.17. The van der Waals surface area contributed by atoms with Crippen molar-refractivity contribution in [3.8, 4) is 0 Å². The molecule has 0 saturated carbocycles. The minimum atomic E-state index is -0.819. The van der Waals surface area contributed by atoms with Crippen molar-refractivity contribution < 1.29 is 14.9 Å². The Kier molecular flexibility index (Phi) is 2.25. The molecular formula is C6H13NO3. The lowest BCUT2D eigenvalue weighted by molar-refractivity contribution is 0.0223. The van der Waals surface area contributed by atoms with E-state index in [4.69, 9.17) is 15.6 Å². The summed E-state index contributed by atoms with van der Waals surface area (Å²) in [6.45, 7) is 1.96. The van der Waals surface area contributed by atoms with Gasteiger partial charge in [0, 0.05) is 6.54 Å². The van der Waals surface area contributed by atoms with Crippen LogP contribution in [0.5, 0.6) is 0 Å². The Hall–Kier alpha value is -0.160. The van der Waals surface area contributed by atoms with Gasteiger partial charge < -0.3 is 20.7 Å². The van der Waals surface area contributed by atoms with E-state index >= 15 is 0 Å². The van der Waals surface area contributed by atoms with E-state index in [1.165, 1.54) is 0 Å². The fourth-order valence-electron chi connectivity index (χ4n) is 1.13. The van der Waals surface area contributed by atoms with E-state index in [-0.39, 0.29) is 12.6 Å². The molecule has 4 heteroatoms. The van der Waals surface area contributed by atoms with Gasteiger partial charge in [0.2, 0.25) is 0 Å². The number of aliphatic hydroxyl groups is 2. The minimum absolute atomic E-state index is 0.253. The Bertz CT molecular complexity index is 120. The predicted molar refractivity (Wildman–Crippen MR) is 35.4 cm³/mol. The number of ether oxygens (including phenoxy) is 1. The van der Waals surface area contributed by atoms with Crippen LogP contribution < -0.4 is 5.73 Å². The summed E-state index contributed by atoms with van der Waals surface area (Å²) in [4.78, 5) is 0. The lowest BCUT2D eigenvalue weighted by Gasteiger charge is -2.10. The third kappa shape index (κ3) is 1.15. The molecule has 1 saturated heterocycles. The SMILES string of the molecule is C[C@H]1O[C@@H](CN)C(O)[C@@H]1O. The van der Waals surface area contributed by atoms with Gasteiger partial charge in [0.25, 0.3) is 0 Å². The summed E-state index contributed by atoms with van der Waals surface area (Å²) in [6, 6.07) is 0. The average molecular weight is 147 g/mol. The molecule has 0 aromatic rings. The van der Waals surface area contributed by atoms with Crippen LogP contribution in [0.4, 0.5) is 0 Å². The molecule has 4 atom stereocenters. The fourth-order valence-corrected chi connectivity index (χ4v) is 1.13. The molecule has 0 aromatic heterocycles. The van der Waals surface area contributed by atoms with Crippen molar-refractivity contribution in [2.24, 2.45) is 5.73 Å². The largest absolute Gasteiger partial charge is 0.388 e. The van der Waals surface area contributed by atoms with E-state index in [9.17, 15) is 5.11 Å². The maximum atomic E-state index is 9.17. The number of nitrogens with two attached hydrogens (primary N) is 1. The van der Waals surface area contributed by atoms with E-state index in [2.05, 4.69) is 0 Å². The lowest BCUT2D eigenvalue weighted by Crippen LogP contribution is -2.35. The van der Waals surface area contributed by atoms with Gasteiger partial charge in [-0.05, 0) is 6.92 Å². The summed E-state index contributed by atoms with van der Waals surface area (Å²) in [5.74, 6) is 0. The number of rotatable bonds is 1. The zero-order valence-electron chi connectivity index (χ0n) is 5.90. The standard InChI is InChI=1S/C6H13NO3/c1-3-5(8)6(9)4(2-7)10-3/h3-6,8-9H,2,7H2,1H3/t3-,4+,5-,6?/m1/s1. The van der Waals surface area contributed by atoms with Crippen molar-refractivity contribution >= 4 is 0 Å². The maximum absolute atomic E-state index is 9.17. The van der Waals surface area contributed by atoms with Gasteiger partial charge in [-0.15, -0.1) is 0 Å². The van der Waals surface area contributed by atoms with Gasteiger partial charge in [0.1, 0.15) is 12.2 Å². The molecule has 1 aliphatic heterocycles. The number of hydrogen-bond acceptors (Lipinski definition) is 4. The lowest BCUT2D eigenvalue weighted by atomic mass is 10.1. The summed E-state index contributed by atoms with van der Waals surface area (Å²) < 4.78 is 5.11. The molecule has 0 radical (unpaired) electrons. The summed E-state index contributed by atoms with van der Waals surface area (Å²) in [5, 5.41) is 18.3. The van der Waals surface area contributed by atoms with E-state index in [0.29, 0.717) is 0 Å². The molecule has 4 N–H and O–H groups in total. The first-order chi connectivity index (χ1) is 4.66. The smallest absolute Gasteiger partial charge is 0.110 e. The zero-order chi connectivity index (χ0) is 7.72. The first-order valence-corrected chi connectivity index (χ1v) is 3.38. The van der Waals surface area contributed by atoms with Crippen molar-refractivity contribution in [1.29, 1.82) is 0 Å². The van der Waals surface area contributed by atoms with Crippen LogP contribution in [-0.4, -0.2) is 41.2 Å². The third-order valence-electron chi connectivity index (χ3n) is 1.83. The zero-order valence-corrected chi connectivity index (χ0v) is 5.90. The first kappa shape index (κ1) is 7.94. The van der Waals surface area contributed by atoms with E-state index in [1.807, 2.05) is 0 Å². The Labute approximate surface area is 59.6 Å². The molecule has 0 aliphatic carbocycles. The van der Waals surface area contributed by atoms with Crippen LogP contribution in [0, 0.1) is 0 Å². The molecule has 1 rings (SSSR count). The Morgan fingerprint density at radius 2 is 2.00 bits per heavy atom. The van der Waals surface area contributed by atoms with Gasteiger partial charge >= 0.3 is 0 Å². The molecule has 10 heavy (non-hydrogen) atoms. The van der Waals surface area contributed by atoms with Crippen molar-refractivity contribution in [3.05, 3.63) is 0 Å². The molecule has 4 nitrogen and oxygen atoms in total. The molecule has 1 heterocycles. The van der Waals surface area contributed by atoms with Crippen LogP contribution >= 0.6 is 0 Å². The monoisotopic (exact) mass is 147 g/mol. The molecule has 0 amide bonds. The normalized spacial score (nSPS) is 48.0. The Morgan fingerprint density at radius 3 is 2.20 bits per heavy atom. The van der Waals surface area contributed by atoms with Crippen LogP contribution in [0.25, 0.3) is 0 Å². The summed E-state index contributed by atoms with van der Waals surface area (Å²) in [6.07, 6.45) is -2.30. The first-order valence-electron chi connectivity index (χ1n) is 3.38. The molecule has 1 unspecified atom stereocenters. The van der Waals surface area contributed by atoms with E-state index in [0.717, 1.165) is 0 Å². The molecule has 1 fully saturated rings. The van der Waals surface area contributed by atoms with Crippen LogP contribution in [0.3, 0.4) is 0 Å². The molecular weight excluding hydrogens is 134 g/mol. The highest BCUT2D eigenvalue weighted by atomic mass is 16.5. The molecule has 1 aliphatic rings. The van der Waals surface area contributed by atoms with E-state index < -0.39 is 18.3 Å². The molecule has 0 bridgehead atoms. The second kappa shape index (κ2) is 2.84. The van der Waals surface area contributed by atoms with Crippen molar-refractivity contribution in [2.75, 3.05) is 6.54 Å². The Morgan fingerprint density at radius 1 is 1.40 bits per heavy atom. The van der Waals surface area contributed by atoms with Gasteiger partial charge in [-0.3, -0.25) is 0 Å². The van der Waals surface area contributed by atoms with Gasteiger partial charge in [-0.2, -0.15) is 0 Å². The van der Waals surface area contributed by atoms with Crippen molar-refractivity contribution in [3.63, 3.8) is 0 Å². The topological polar surface area (TPSA) is 75.7 Å². The highest BCUT2D eigenvalue weighted by Crippen LogP contribution is 2.19. The highest BCUT2D eigenvalue weighted by Gasteiger charge is 2.38. The number of hydrogen-bond donors (Lipinski definition) is 3. The predicted octanol–water partition coefficient (Wildman–Crippen LogP) is -1.55. The minimum Gasteiger partial charge on any atom is -0.388 e. The Balaban J connectivity index is 2.53. The molecule has 0 aromatic carbocycles. The van der Waals surface area contributed by atoms with E-state index in [1.54, 1.807) is 6.92 Å². The number of aliphatic hydroxyl groups excluding tert-OH is 2. The van der Waals surface area contributed by atoms with Gasteiger partial charge in [0.05, 0.1) is 12.2 Å². The van der Waals surface area contributed by atoms with Gasteiger partial charge in [0.15, 0.2) is 0 Å². The van der Waals surface area contributed by atoms with Crippen LogP contribution in [0.15, 0.2) is 0 Å². The summed E-state index contributed by atoms with van der Waals surface area (Å²) in [7, 11) is 0. The fraction of sp³-hybridized carbons (Fsp3) is 1.00. The molecule has 60 valence electrons. The van der Waals surface area contributed by atoms with Crippen molar-refractivity contribution in [2.45, 2.75) is 31.3 Å². The van der Waals surface area contributed by atoms with Gasteiger partial charge in [-0.1, -0.05) is 0 Å².